The van der Waals surface area contributed by atoms with Gasteiger partial charge in [-0.2, -0.15) is 10.1 Å². The zero-order valence-corrected chi connectivity index (χ0v) is 17.5. The van der Waals surface area contributed by atoms with Crippen LogP contribution < -0.4 is 10.7 Å². The fourth-order valence-electron chi connectivity index (χ4n) is 3.13. The Hall–Kier alpha value is -2.91. The first kappa shape index (κ1) is 19.4. The van der Waals surface area contributed by atoms with Gasteiger partial charge < -0.3 is 5.32 Å². The molecule has 0 unspecified atom stereocenters. The third-order valence-electron chi connectivity index (χ3n) is 5.03. The van der Waals surface area contributed by atoms with Gasteiger partial charge in [0.05, 0.1) is 21.3 Å². The molecule has 0 bridgehead atoms. The molecule has 0 spiro atoms. The second-order valence-corrected chi connectivity index (χ2v) is 8.41. The smallest absolute Gasteiger partial charge is 0.322 e. The van der Waals surface area contributed by atoms with E-state index in [4.69, 9.17) is 11.6 Å². The third-order valence-corrected chi connectivity index (χ3v) is 6.46. The highest BCUT2D eigenvalue weighted by molar-refractivity contribution is 7.20. The van der Waals surface area contributed by atoms with Crippen LogP contribution in [0, 0.1) is 6.92 Å². The Kier molecular flexibility index (Phi) is 4.59. The molecule has 8 nitrogen and oxygen atoms in total. The first-order valence-electron chi connectivity index (χ1n) is 8.97. The molecule has 2 aromatic heterocycles. The molecule has 10 heteroatoms. The lowest BCUT2D eigenvalue weighted by molar-refractivity contribution is -0.132. The van der Waals surface area contributed by atoms with Gasteiger partial charge in [0.2, 0.25) is 0 Å². The molecule has 0 radical (unpaired) electrons. The summed E-state index contributed by atoms with van der Waals surface area (Å²) in [5, 5.41) is 9.20. The molecule has 1 aliphatic rings. The van der Waals surface area contributed by atoms with Gasteiger partial charge in [0.1, 0.15) is 10.4 Å². The number of carbonyl (C=O) groups is 3. The van der Waals surface area contributed by atoms with Crippen molar-refractivity contribution in [2.45, 2.75) is 32.7 Å². The number of rotatable bonds is 4. The molecule has 3 heterocycles. The molecule has 150 valence electrons. The first-order valence-corrected chi connectivity index (χ1v) is 10.2. The Morgan fingerprint density at radius 1 is 1.34 bits per heavy atom. The van der Waals surface area contributed by atoms with Gasteiger partial charge in [0, 0.05) is 5.39 Å². The highest BCUT2D eigenvalue weighted by Crippen LogP contribution is 2.32. The van der Waals surface area contributed by atoms with E-state index in [1.54, 1.807) is 30.7 Å². The van der Waals surface area contributed by atoms with Gasteiger partial charge in [-0.25, -0.2) is 9.48 Å². The van der Waals surface area contributed by atoms with Crippen LogP contribution in [0.4, 0.5) is 4.79 Å². The number of nitrogens with zero attached hydrogens (tertiary/aromatic N) is 3. The first-order chi connectivity index (χ1) is 13.7. The molecule has 29 heavy (non-hydrogen) atoms. The number of thiophene rings is 1. The van der Waals surface area contributed by atoms with E-state index in [1.165, 1.54) is 11.3 Å². The van der Waals surface area contributed by atoms with Crippen molar-refractivity contribution < 1.29 is 14.4 Å². The summed E-state index contributed by atoms with van der Waals surface area (Å²) in [6.45, 7) is 5.26. The maximum Gasteiger partial charge on any atom is 0.344 e. The number of imide groups is 1. The molecule has 3 aromatic rings. The molecule has 1 aromatic carbocycles. The van der Waals surface area contributed by atoms with Gasteiger partial charge in [0.25, 0.3) is 11.8 Å². The fourth-order valence-corrected chi connectivity index (χ4v) is 4.41. The van der Waals surface area contributed by atoms with E-state index in [9.17, 15) is 14.4 Å². The lowest BCUT2D eigenvalue weighted by atomic mass is 10.00. The molecular weight excluding hydrogens is 414 g/mol. The summed E-state index contributed by atoms with van der Waals surface area (Å²) in [5.41, 5.74) is 2.83. The Morgan fingerprint density at radius 2 is 2.07 bits per heavy atom. The summed E-state index contributed by atoms with van der Waals surface area (Å²) >= 11 is 7.51. The van der Waals surface area contributed by atoms with E-state index in [2.05, 4.69) is 15.8 Å². The number of hydrogen-bond acceptors (Lipinski definition) is 5. The van der Waals surface area contributed by atoms with Crippen LogP contribution in [0.25, 0.3) is 15.9 Å². The number of amides is 4. The van der Waals surface area contributed by atoms with Crippen LogP contribution in [0.5, 0.6) is 0 Å². The number of hydrogen-bond donors (Lipinski definition) is 2. The van der Waals surface area contributed by atoms with Crippen molar-refractivity contribution in [3.8, 4) is 5.69 Å². The van der Waals surface area contributed by atoms with Crippen molar-refractivity contribution in [3.05, 3.63) is 45.9 Å². The van der Waals surface area contributed by atoms with Gasteiger partial charge in [-0.3, -0.25) is 15.0 Å². The van der Waals surface area contributed by atoms with E-state index in [1.807, 2.05) is 25.1 Å². The predicted octanol–water partition coefficient (Wildman–Crippen LogP) is 3.41. The lowest BCUT2D eigenvalue weighted by Crippen LogP contribution is -2.48. The maximum absolute atomic E-state index is 12.8. The summed E-state index contributed by atoms with van der Waals surface area (Å²) < 4.78 is 1.69. The Bertz CT molecular complexity index is 1170. The van der Waals surface area contributed by atoms with Crippen LogP contribution in [0.1, 0.15) is 35.6 Å². The summed E-state index contributed by atoms with van der Waals surface area (Å²) in [4.78, 5) is 38.5. The van der Waals surface area contributed by atoms with Crippen molar-refractivity contribution in [1.82, 2.24) is 25.5 Å². The number of para-hydroxylation sites is 1. The van der Waals surface area contributed by atoms with Gasteiger partial charge in [-0.1, -0.05) is 30.7 Å². The van der Waals surface area contributed by atoms with Crippen LogP contribution >= 0.6 is 22.9 Å². The monoisotopic (exact) mass is 431 g/mol. The Labute approximate surface area is 175 Å². The van der Waals surface area contributed by atoms with Crippen molar-refractivity contribution >= 4 is 51.0 Å². The van der Waals surface area contributed by atoms with Gasteiger partial charge in [-0.05, 0) is 38.5 Å². The highest BCUT2D eigenvalue weighted by Gasteiger charge is 2.47. The molecule has 4 amide bonds. The van der Waals surface area contributed by atoms with Gasteiger partial charge in [-0.15, -0.1) is 11.3 Å². The minimum Gasteiger partial charge on any atom is -0.322 e. The van der Waals surface area contributed by atoms with E-state index < -0.39 is 23.4 Å². The van der Waals surface area contributed by atoms with Crippen molar-refractivity contribution in [2.24, 2.45) is 0 Å². The van der Waals surface area contributed by atoms with Crippen molar-refractivity contribution in [3.63, 3.8) is 0 Å². The SMILES string of the molecule is CC[C@]1(C)NC(=O)N(NC(=O)c2cc3c(C)nn(-c4ccccc4Cl)c3s2)C1=O. The molecular formula is C19H18ClN5O3S. The van der Waals surface area contributed by atoms with Crippen LogP contribution in [0.15, 0.2) is 30.3 Å². The minimum atomic E-state index is -1.02. The number of urea groups is 1. The number of benzene rings is 1. The standard InChI is InChI=1S/C19H18ClN5O3S/c1-4-19(3)17(27)25(18(28)21-19)23-15(26)14-9-11-10(2)22-24(16(11)29-14)13-8-6-5-7-12(13)20/h5-9H,4H2,1-3H3,(H,21,28)(H,23,26)/t19-/m0/s1. The highest BCUT2D eigenvalue weighted by atomic mass is 35.5. The van der Waals surface area contributed by atoms with Crippen LogP contribution in [0.3, 0.4) is 0 Å². The number of carbonyl (C=O) groups excluding carboxylic acids is 3. The van der Waals surface area contributed by atoms with E-state index in [0.717, 1.165) is 20.9 Å². The molecule has 2 N–H and O–H groups in total. The summed E-state index contributed by atoms with van der Waals surface area (Å²) in [5.74, 6) is -1.03. The normalized spacial score (nSPS) is 19.1. The van der Waals surface area contributed by atoms with Crippen LogP contribution in [0.2, 0.25) is 5.02 Å². The Balaban J connectivity index is 1.67. The van der Waals surface area contributed by atoms with Gasteiger partial charge in [0.15, 0.2) is 0 Å². The number of aryl methyl sites for hydroxylation is 1. The topological polar surface area (TPSA) is 96.3 Å². The number of hydrazine groups is 1. The minimum absolute atomic E-state index is 0.354. The molecule has 1 atom stereocenters. The predicted molar refractivity (Wildman–Crippen MR) is 110 cm³/mol. The Morgan fingerprint density at radius 3 is 2.72 bits per heavy atom. The molecule has 0 aliphatic carbocycles. The van der Waals surface area contributed by atoms with Crippen molar-refractivity contribution in [1.29, 1.82) is 0 Å². The van der Waals surface area contributed by atoms with Crippen LogP contribution in [-0.4, -0.2) is 38.2 Å². The average molecular weight is 432 g/mol. The van der Waals surface area contributed by atoms with E-state index >= 15 is 0 Å². The summed E-state index contributed by atoms with van der Waals surface area (Å²) in [6, 6.07) is 8.34. The van der Waals surface area contributed by atoms with Gasteiger partial charge >= 0.3 is 6.03 Å². The number of halogens is 1. The molecule has 0 saturated carbocycles. The third kappa shape index (κ3) is 3.06. The number of nitrogens with one attached hydrogen (secondary N) is 2. The molecule has 4 rings (SSSR count). The summed E-state index contributed by atoms with van der Waals surface area (Å²) in [6.07, 6.45) is 0.416. The molecule has 1 aliphatic heterocycles. The van der Waals surface area contributed by atoms with E-state index in [-0.39, 0.29) is 0 Å². The largest absolute Gasteiger partial charge is 0.344 e. The second kappa shape index (κ2) is 6.85. The second-order valence-electron chi connectivity index (χ2n) is 6.98. The fraction of sp³-hybridized carbons (Fsp3) is 0.263. The van der Waals surface area contributed by atoms with Crippen LogP contribution in [-0.2, 0) is 4.79 Å². The summed E-state index contributed by atoms with van der Waals surface area (Å²) in [7, 11) is 0. The maximum atomic E-state index is 12.8. The number of aromatic nitrogens is 2. The molecule has 1 fully saturated rings. The average Bonchev–Trinajstić information content (AvgIpc) is 3.32. The van der Waals surface area contributed by atoms with Crippen molar-refractivity contribution in [2.75, 3.05) is 0 Å². The zero-order valence-electron chi connectivity index (χ0n) is 15.9. The quantitative estimate of drug-likeness (QED) is 0.618. The molecule has 1 saturated heterocycles. The van der Waals surface area contributed by atoms with E-state index in [0.29, 0.717) is 22.0 Å². The lowest BCUT2D eigenvalue weighted by Gasteiger charge is -2.19. The number of fused-ring (bicyclic) bond motifs is 1. The zero-order chi connectivity index (χ0) is 20.9.